The molecule has 0 rings (SSSR count). The number of methoxy groups -OCH3 is 1. The highest BCUT2D eigenvalue weighted by Gasteiger charge is 2.57. The summed E-state index contributed by atoms with van der Waals surface area (Å²) >= 11 is 0. The first-order valence-corrected chi connectivity index (χ1v) is 30.2. The molecule has 49 heavy (non-hydrogen) atoms. The predicted octanol–water partition coefficient (Wildman–Crippen LogP) is 12.8. The molecule has 10 heteroatoms. The number of aliphatic hydroxyl groups excluding tert-OH is 1. The highest BCUT2D eigenvalue weighted by molar-refractivity contribution is 6.74. The van der Waals surface area contributed by atoms with Gasteiger partial charge in [0.2, 0.25) is 0 Å². The first kappa shape index (κ1) is 54.0. The van der Waals surface area contributed by atoms with Gasteiger partial charge in [-0.3, -0.25) is 0 Å². The maximum atomic E-state index is 10.7. The first-order valence-electron chi connectivity index (χ1n) is 20.1. The van der Waals surface area contributed by atoms with Crippen molar-refractivity contribution >= 4 is 33.3 Å². The van der Waals surface area contributed by atoms with E-state index in [0.29, 0.717) is 0 Å². The minimum atomic E-state index is -1.77. The molecule has 1 N–H and O–H groups in total. The number of rotatable bonds is 25. The molecule has 0 fully saturated rings. The summed E-state index contributed by atoms with van der Waals surface area (Å²) < 4.78 is 33.0. The van der Waals surface area contributed by atoms with Crippen LogP contribution in [0.25, 0.3) is 0 Å². The third-order valence-corrected chi connectivity index (χ3v) is 32.3. The van der Waals surface area contributed by atoms with E-state index in [0.717, 1.165) is 72.5 Å². The van der Waals surface area contributed by atoms with Gasteiger partial charge in [-0.1, -0.05) is 90.5 Å². The van der Waals surface area contributed by atoms with E-state index >= 15 is 0 Å². The van der Waals surface area contributed by atoms with Gasteiger partial charge in [-0.15, -0.1) is 0 Å². The Morgan fingerprint density at radius 3 is 0.816 bits per heavy atom. The van der Waals surface area contributed by atoms with Gasteiger partial charge in [-0.25, -0.2) is 0 Å². The Morgan fingerprint density at radius 2 is 0.653 bits per heavy atom. The minimum Gasteiger partial charge on any atom is -0.411 e. The van der Waals surface area contributed by atoms with Crippen LogP contribution in [0.3, 0.4) is 0 Å². The smallest absolute Gasteiger partial charge is 0.192 e. The van der Waals surface area contributed by atoms with Crippen LogP contribution in [0.15, 0.2) is 0 Å². The van der Waals surface area contributed by atoms with Crippen LogP contribution >= 0.6 is 0 Å². The number of hydrogen-bond donors (Lipinski definition) is 1. The van der Waals surface area contributed by atoms with Gasteiger partial charge in [-0.2, -0.15) is 0 Å². The van der Waals surface area contributed by atoms with Gasteiger partial charge in [0.15, 0.2) is 33.3 Å². The van der Waals surface area contributed by atoms with Crippen LogP contribution in [0, 0.1) is 0 Å². The molecular weight excluding hydrogens is 677 g/mol. The lowest BCUT2D eigenvalue weighted by molar-refractivity contribution is -0.215. The Kier molecular flexibility index (Phi) is 25.8. The molecule has 0 amide bonds. The van der Waals surface area contributed by atoms with Gasteiger partial charge in [0.1, 0.15) is 11.7 Å². The molecule has 0 spiro atoms. The van der Waals surface area contributed by atoms with Crippen molar-refractivity contribution in [2.75, 3.05) is 7.11 Å². The molecule has 0 aromatic carbocycles. The van der Waals surface area contributed by atoms with E-state index in [1.807, 2.05) is 21.0 Å². The highest BCUT2D eigenvalue weighted by atomic mass is 28.4. The summed E-state index contributed by atoms with van der Waals surface area (Å²) in [6, 6.07) is 13.5. The van der Waals surface area contributed by atoms with Gasteiger partial charge in [0, 0.05) is 7.11 Å². The van der Waals surface area contributed by atoms with E-state index in [1.165, 1.54) is 0 Å². The van der Waals surface area contributed by atoms with Crippen LogP contribution in [-0.2, 0) is 22.4 Å². The van der Waals surface area contributed by atoms with E-state index < -0.39 is 56.2 Å². The largest absolute Gasteiger partial charge is 0.411 e. The average Bonchev–Trinajstić information content (AvgIpc) is 3.10. The average molecular weight is 770 g/mol. The predicted molar refractivity (Wildman–Crippen MR) is 228 cm³/mol. The quantitative estimate of drug-likeness (QED) is 0.0933. The Morgan fingerprint density at radius 1 is 0.449 bits per heavy atom. The topological polar surface area (TPSA) is 66.4 Å². The fourth-order valence-electron chi connectivity index (χ4n) is 7.74. The fourth-order valence-corrected chi connectivity index (χ4v) is 20.0. The first-order chi connectivity index (χ1) is 22.1. The van der Waals surface area contributed by atoms with Crippen molar-refractivity contribution in [3.8, 4) is 0 Å². The molecule has 0 saturated heterocycles. The van der Waals surface area contributed by atoms with E-state index in [1.54, 1.807) is 0 Å². The lowest BCUT2D eigenvalue weighted by atomic mass is 9.75. The summed E-state index contributed by atoms with van der Waals surface area (Å²) in [4.78, 5) is 0. The molecule has 6 nitrogen and oxygen atoms in total. The summed E-state index contributed by atoms with van der Waals surface area (Å²) in [7, 11) is -5.07. The maximum Gasteiger partial charge on any atom is 0.192 e. The van der Waals surface area contributed by atoms with Gasteiger partial charge in [-0.05, 0) is 121 Å². The number of hydrogen-bond acceptors (Lipinski definition) is 6. The Balaban J connectivity index is -0.000000858. The maximum absolute atomic E-state index is 10.7. The second-order valence-electron chi connectivity index (χ2n) is 15.6. The molecule has 0 aliphatic heterocycles. The lowest BCUT2D eigenvalue weighted by Crippen LogP contribution is -2.68. The van der Waals surface area contributed by atoms with Crippen molar-refractivity contribution in [3.05, 3.63) is 0 Å². The van der Waals surface area contributed by atoms with Crippen LogP contribution in [0.5, 0.6) is 0 Å². The van der Waals surface area contributed by atoms with Gasteiger partial charge in [0.25, 0.3) is 0 Å². The number of aliphatic hydroxyl groups is 1. The van der Waals surface area contributed by atoms with Crippen LogP contribution in [-0.4, -0.2) is 80.6 Å². The van der Waals surface area contributed by atoms with Crippen LogP contribution in [0.1, 0.15) is 139 Å². The summed E-state index contributed by atoms with van der Waals surface area (Å²) in [5.74, 6) is 0. The van der Waals surface area contributed by atoms with E-state index in [9.17, 15) is 5.11 Å². The van der Waals surface area contributed by atoms with Crippen LogP contribution in [0.2, 0.25) is 72.5 Å². The molecule has 0 saturated carbocycles. The van der Waals surface area contributed by atoms with Gasteiger partial charge < -0.3 is 27.5 Å². The third-order valence-electron chi connectivity index (χ3n) is 13.2. The van der Waals surface area contributed by atoms with Gasteiger partial charge >= 0.3 is 0 Å². The van der Waals surface area contributed by atoms with E-state index in [4.69, 9.17) is 22.4 Å². The standard InChI is InChI=1S/C21H48O3Si2.C17H40O3Si2.CH4/c1-13-25(14-2,15-3)23-19(7,8)21(11,22-12)20(9,10)24-26(16-4,17-5)18-6;1-9-21(10-2,11-3)19-15(7)17(18)16(8)20-22(12-4,13-5)14-6;/h13-18H2,1-12H3;15-18H,9-14H2,1-8H3;1H4. The SMILES string of the molecule is C.CC[Si](CC)(CC)OC(C)(C)C(C)(OC)C(C)(C)O[Si](CC)(CC)CC.CC[Si](CC)(CC)OC(C)C(O)C(C)O[Si](CC)(CC)CC. The zero-order valence-electron chi connectivity index (χ0n) is 36.2. The van der Waals surface area contributed by atoms with Crippen LogP contribution in [0.4, 0.5) is 0 Å². The van der Waals surface area contributed by atoms with Gasteiger partial charge in [0.05, 0.1) is 23.4 Å². The van der Waals surface area contributed by atoms with E-state index in [2.05, 4.69) is 118 Å². The molecule has 0 aliphatic rings. The molecule has 0 aliphatic carbocycles. The lowest BCUT2D eigenvalue weighted by Gasteiger charge is -2.56. The van der Waals surface area contributed by atoms with E-state index in [-0.39, 0.29) is 19.6 Å². The Hall–Kier alpha value is 0.628. The summed E-state index contributed by atoms with van der Waals surface area (Å²) in [5, 5.41) is 10.7. The summed E-state index contributed by atoms with van der Waals surface area (Å²) in [5.41, 5.74) is -1.38. The molecular formula is C39H92O6Si4. The normalized spacial score (nSPS) is 15.6. The summed E-state index contributed by atoms with van der Waals surface area (Å²) in [6.07, 6.45) is -0.814. The Labute approximate surface area is 313 Å². The Bertz CT molecular complexity index is 744. The third kappa shape index (κ3) is 13.8. The molecule has 0 heterocycles. The minimum absolute atomic E-state index is 0. The highest BCUT2D eigenvalue weighted by Crippen LogP contribution is 2.45. The van der Waals surface area contributed by atoms with Crippen LogP contribution < -0.4 is 0 Å². The molecule has 2 unspecified atom stereocenters. The van der Waals surface area contributed by atoms with Crippen molar-refractivity contribution in [1.29, 1.82) is 0 Å². The van der Waals surface area contributed by atoms with Crippen molar-refractivity contribution < 1.29 is 27.5 Å². The molecule has 0 radical (unpaired) electrons. The monoisotopic (exact) mass is 769 g/mol. The van der Waals surface area contributed by atoms with Crippen molar-refractivity contribution in [1.82, 2.24) is 0 Å². The number of ether oxygens (including phenoxy) is 1. The molecule has 0 aromatic heterocycles. The molecule has 300 valence electrons. The summed E-state index contributed by atoms with van der Waals surface area (Å²) in [6.45, 7) is 42.1. The fraction of sp³-hybridized carbons (Fsp3) is 1.00. The molecule has 0 bridgehead atoms. The zero-order chi connectivity index (χ0) is 38.3. The zero-order valence-corrected chi connectivity index (χ0v) is 40.2. The molecule has 0 aromatic rings. The van der Waals surface area contributed by atoms with Crippen molar-refractivity contribution in [2.45, 2.75) is 247 Å². The van der Waals surface area contributed by atoms with Crippen molar-refractivity contribution in [3.63, 3.8) is 0 Å². The second kappa shape index (κ2) is 23.4. The van der Waals surface area contributed by atoms with Crippen molar-refractivity contribution in [2.24, 2.45) is 0 Å². The second-order valence-corrected chi connectivity index (χ2v) is 34.4. The molecule has 2 atom stereocenters.